The van der Waals surface area contributed by atoms with Crippen LogP contribution in [0.3, 0.4) is 0 Å². The van der Waals surface area contributed by atoms with Crippen molar-refractivity contribution in [2.75, 3.05) is 31.2 Å². The zero-order valence-electron chi connectivity index (χ0n) is 15.1. The molecule has 1 aromatic heterocycles. The second-order valence-corrected chi connectivity index (χ2v) is 6.58. The Morgan fingerprint density at radius 3 is 2.64 bits per heavy atom. The van der Waals surface area contributed by atoms with Crippen LogP contribution in [0.1, 0.15) is 15.9 Å². The molecule has 5 nitrogen and oxygen atoms in total. The number of nitrogens with one attached hydrogen (secondary N) is 1. The Balaban J connectivity index is 1.59. The number of aromatic amines is 1. The molecular weight excluding hydrogens is 357 g/mol. The van der Waals surface area contributed by atoms with E-state index in [4.69, 9.17) is 4.74 Å². The average molecular weight is 375 g/mol. The predicted molar refractivity (Wildman–Crippen MR) is 106 cm³/mol. The molecule has 0 radical (unpaired) electrons. The minimum Gasteiger partial charge on any atom is -0.378 e. The number of nitriles is 1. The van der Waals surface area contributed by atoms with E-state index in [0.717, 1.165) is 24.3 Å². The number of hydrogen-bond donors (Lipinski definition) is 1. The molecule has 1 N–H and O–H groups in total. The lowest BCUT2D eigenvalue weighted by atomic mass is 10.0. The van der Waals surface area contributed by atoms with Gasteiger partial charge in [0.2, 0.25) is 5.78 Å². The topological polar surface area (TPSA) is 69.1 Å². The summed E-state index contributed by atoms with van der Waals surface area (Å²) in [6, 6.07) is 13.9. The molecule has 0 bridgehead atoms. The van der Waals surface area contributed by atoms with Crippen LogP contribution in [0.25, 0.3) is 17.0 Å². The lowest BCUT2D eigenvalue weighted by Crippen LogP contribution is -2.36. The van der Waals surface area contributed by atoms with Crippen molar-refractivity contribution in [1.29, 1.82) is 5.26 Å². The number of allylic oxidation sites excluding steroid dienone is 1. The first-order valence-electron chi connectivity index (χ1n) is 9.01. The summed E-state index contributed by atoms with van der Waals surface area (Å²) in [6.45, 7) is 3.11. The van der Waals surface area contributed by atoms with E-state index in [1.54, 1.807) is 12.1 Å². The van der Waals surface area contributed by atoms with Crippen molar-refractivity contribution in [2.45, 2.75) is 0 Å². The number of ketones is 1. The van der Waals surface area contributed by atoms with Gasteiger partial charge in [-0.05, 0) is 42.0 Å². The molecule has 6 heteroatoms. The number of fused-ring (bicyclic) bond motifs is 1. The fourth-order valence-corrected chi connectivity index (χ4v) is 3.35. The van der Waals surface area contributed by atoms with Gasteiger partial charge in [0.05, 0.1) is 13.2 Å². The molecule has 0 spiro atoms. The Morgan fingerprint density at radius 1 is 1.18 bits per heavy atom. The summed E-state index contributed by atoms with van der Waals surface area (Å²) >= 11 is 0. The minimum atomic E-state index is -0.391. The van der Waals surface area contributed by atoms with Crippen LogP contribution < -0.4 is 4.90 Å². The van der Waals surface area contributed by atoms with Crippen LogP contribution in [0.2, 0.25) is 0 Å². The van der Waals surface area contributed by atoms with Crippen LogP contribution in [0.4, 0.5) is 10.1 Å². The average Bonchev–Trinajstić information content (AvgIpc) is 3.15. The van der Waals surface area contributed by atoms with Crippen molar-refractivity contribution in [3.8, 4) is 6.07 Å². The van der Waals surface area contributed by atoms with Gasteiger partial charge in [-0.2, -0.15) is 5.26 Å². The highest BCUT2D eigenvalue weighted by Crippen LogP contribution is 2.23. The van der Waals surface area contributed by atoms with Gasteiger partial charge in [0, 0.05) is 41.4 Å². The first-order chi connectivity index (χ1) is 13.7. The summed E-state index contributed by atoms with van der Waals surface area (Å²) in [5.74, 6) is -0.776. The summed E-state index contributed by atoms with van der Waals surface area (Å²) in [5, 5.41) is 10.1. The van der Waals surface area contributed by atoms with Crippen molar-refractivity contribution in [3.05, 3.63) is 71.2 Å². The van der Waals surface area contributed by atoms with Crippen molar-refractivity contribution in [3.63, 3.8) is 0 Å². The van der Waals surface area contributed by atoms with Gasteiger partial charge in [-0.3, -0.25) is 4.79 Å². The second kappa shape index (κ2) is 7.67. The van der Waals surface area contributed by atoms with Crippen LogP contribution in [0, 0.1) is 17.1 Å². The maximum absolute atomic E-state index is 13.3. The molecule has 1 fully saturated rings. The van der Waals surface area contributed by atoms with Gasteiger partial charge in [-0.15, -0.1) is 0 Å². The van der Waals surface area contributed by atoms with E-state index >= 15 is 0 Å². The van der Waals surface area contributed by atoms with E-state index < -0.39 is 5.78 Å². The Morgan fingerprint density at radius 2 is 1.93 bits per heavy atom. The van der Waals surface area contributed by atoms with Gasteiger partial charge in [0.25, 0.3) is 0 Å². The molecule has 3 aromatic rings. The third-order valence-corrected chi connectivity index (χ3v) is 4.83. The minimum absolute atomic E-state index is 0.0318. The van der Waals surface area contributed by atoms with Gasteiger partial charge in [-0.25, -0.2) is 4.39 Å². The number of hydrogen-bond acceptors (Lipinski definition) is 4. The molecular formula is C22H18FN3O2. The van der Waals surface area contributed by atoms with Crippen molar-refractivity contribution < 1.29 is 13.9 Å². The molecule has 0 unspecified atom stereocenters. The number of halogens is 1. The van der Waals surface area contributed by atoms with Crippen molar-refractivity contribution >= 4 is 28.4 Å². The molecule has 0 aliphatic carbocycles. The Hall–Kier alpha value is -3.43. The number of H-pyrrole nitrogens is 1. The number of anilines is 1. The number of morpholine rings is 1. The highest BCUT2D eigenvalue weighted by atomic mass is 19.1. The van der Waals surface area contributed by atoms with Crippen LogP contribution >= 0.6 is 0 Å². The molecule has 0 atom stereocenters. The summed E-state index contributed by atoms with van der Waals surface area (Å²) in [7, 11) is 0. The third-order valence-electron chi connectivity index (χ3n) is 4.83. The van der Waals surface area contributed by atoms with Gasteiger partial charge in [-0.1, -0.05) is 12.1 Å². The first kappa shape index (κ1) is 18.0. The SMILES string of the molecule is N#C/C(=C/c1ccc(N2CCOCC2)cc1)C(=O)c1c[nH]c2cc(F)ccc12. The zero-order valence-corrected chi connectivity index (χ0v) is 15.1. The smallest absolute Gasteiger partial charge is 0.205 e. The maximum atomic E-state index is 13.3. The highest BCUT2D eigenvalue weighted by Gasteiger charge is 2.17. The number of benzene rings is 2. The van der Waals surface area contributed by atoms with Gasteiger partial charge in [0.1, 0.15) is 17.5 Å². The van der Waals surface area contributed by atoms with E-state index in [1.807, 2.05) is 30.3 Å². The molecule has 1 saturated heterocycles. The quantitative estimate of drug-likeness (QED) is 0.426. The fraction of sp³-hybridized carbons (Fsp3) is 0.182. The van der Waals surface area contributed by atoms with Crippen LogP contribution in [-0.4, -0.2) is 37.1 Å². The van der Waals surface area contributed by atoms with E-state index in [1.165, 1.54) is 18.3 Å². The molecule has 4 rings (SSSR count). The standard InChI is InChI=1S/C22H18FN3O2/c23-17-3-6-19-20(14-25-21(19)12-17)22(27)16(13-24)11-15-1-4-18(5-2-15)26-7-9-28-10-8-26/h1-6,11-12,14,25H,7-10H2/b16-11-. The van der Waals surface area contributed by atoms with Crippen molar-refractivity contribution in [1.82, 2.24) is 4.98 Å². The van der Waals surface area contributed by atoms with Crippen LogP contribution in [0.15, 0.2) is 54.2 Å². The number of nitrogens with zero attached hydrogens (tertiary/aromatic N) is 2. The molecule has 1 aliphatic heterocycles. The number of Topliss-reactive ketones (excluding diaryl/α,β-unsaturated/α-hetero) is 1. The third kappa shape index (κ3) is 3.53. The largest absolute Gasteiger partial charge is 0.378 e. The predicted octanol–water partition coefficient (Wildman–Crippen LogP) is 3.93. The number of carbonyl (C=O) groups excluding carboxylic acids is 1. The Kier molecular flexibility index (Phi) is 4.92. The number of rotatable bonds is 4. The summed E-state index contributed by atoms with van der Waals surface area (Å²) in [4.78, 5) is 17.9. The van der Waals surface area contributed by atoms with Gasteiger partial charge in [0.15, 0.2) is 0 Å². The van der Waals surface area contributed by atoms with Gasteiger partial charge >= 0.3 is 0 Å². The molecule has 140 valence electrons. The second-order valence-electron chi connectivity index (χ2n) is 6.58. The van der Waals surface area contributed by atoms with E-state index in [2.05, 4.69) is 9.88 Å². The normalized spacial score (nSPS) is 14.9. The van der Waals surface area contributed by atoms with E-state index in [0.29, 0.717) is 29.7 Å². The zero-order chi connectivity index (χ0) is 19.5. The van der Waals surface area contributed by atoms with Crippen LogP contribution in [0.5, 0.6) is 0 Å². The highest BCUT2D eigenvalue weighted by molar-refractivity contribution is 6.19. The van der Waals surface area contributed by atoms with E-state index in [-0.39, 0.29) is 11.4 Å². The summed E-state index contributed by atoms with van der Waals surface area (Å²) in [6.07, 6.45) is 3.09. The number of ether oxygens (including phenoxy) is 1. The lowest BCUT2D eigenvalue weighted by molar-refractivity contribution is 0.104. The summed E-state index contributed by atoms with van der Waals surface area (Å²) in [5.41, 5.74) is 2.77. The molecule has 0 saturated carbocycles. The molecule has 2 aromatic carbocycles. The lowest BCUT2D eigenvalue weighted by Gasteiger charge is -2.28. The Bertz CT molecular complexity index is 1090. The monoisotopic (exact) mass is 375 g/mol. The first-order valence-corrected chi connectivity index (χ1v) is 9.01. The molecule has 2 heterocycles. The molecule has 28 heavy (non-hydrogen) atoms. The number of carbonyl (C=O) groups is 1. The molecule has 1 aliphatic rings. The molecule has 0 amide bonds. The Labute approximate surface area is 161 Å². The fourth-order valence-electron chi connectivity index (χ4n) is 3.35. The summed E-state index contributed by atoms with van der Waals surface area (Å²) < 4.78 is 18.7. The van der Waals surface area contributed by atoms with Crippen molar-refractivity contribution in [2.24, 2.45) is 0 Å². The van der Waals surface area contributed by atoms with Gasteiger partial charge < -0.3 is 14.6 Å². The maximum Gasteiger partial charge on any atom is 0.205 e. The van der Waals surface area contributed by atoms with Crippen LogP contribution in [-0.2, 0) is 4.74 Å². The van der Waals surface area contributed by atoms with E-state index in [9.17, 15) is 14.4 Å². The number of aromatic nitrogens is 1.